The maximum absolute atomic E-state index is 13.6. The average Bonchev–Trinajstić information content (AvgIpc) is 2.58. The molecule has 1 fully saturated rings. The molecule has 2 nitrogen and oxygen atoms in total. The number of hydrogen-bond acceptors (Lipinski definition) is 2. The van der Waals surface area contributed by atoms with Crippen molar-refractivity contribution in [2.24, 2.45) is 5.41 Å². The van der Waals surface area contributed by atoms with E-state index in [1.165, 1.54) is 7.11 Å². The quantitative estimate of drug-likeness (QED) is 0.832. The number of hydrogen-bond donors (Lipinski definition) is 1. The van der Waals surface area contributed by atoms with Crippen molar-refractivity contribution in [3.05, 3.63) is 29.6 Å². The minimum absolute atomic E-state index is 0.182. The van der Waals surface area contributed by atoms with Crippen LogP contribution in [0.5, 0.6) is 5.75 Å². The summed E-state index contributed by atoms with van der Waals surface area (Å²) < 4.78 is 18.5. The van der Waals surface area contributed by atoms with Crippen LogP contribution >= 0.6 is 0 Å². The number of halogens is 1. The van der Waals surface area contributed by atoms with Gasteiger partial charge in [-0.3, -0.25) is 0 Å². The molecule has 0 spiro atoms. The second-order valence-electron chi connectivity index (χ2n) is 5.07. The summed E-state index contributed by atoms with van der Waals surface area (Å²) in [6.45, 7) is 6.31. The molecule has 3 heteroatoms. The zero-order valence-corrected chi connectivity index (χ0v) is 10.0. The van der Waals surface area contributed by atoms with Crippen LogP contribution in [0, 0.1) is 11.2 Å². The van der Waals surface area contributed by atoms with Crippen LogP contribution in [0.1, 0.15) is 25.3 Å². The zero-order valence-electron chi connectivity index (χ0n) is 10.0. The Morgan fingerprint density at radius 1 is 1.44 bits per heavy atom. The van der Waals surface area contributed by atoms with Gasteiger partial charge in [-0.05, 0) is 23.1 Å². The standard InChI is InChI=1S/C13H18FNO/c1-13(2)8-15-7-10(13)9-4-5-12(16-3)11(14)6-9/h4-6,10,15H,7-8H2,1-3H3. The Labute approximate surface area is 95.8 Å². The molecular weight excluding hydrogens is 205 g/mol. The lowest BCUT2D eigenvalue weighted by Crippen LogP contribution is -2.20. The highest BCUT2D eigenvalue weighted by Gasteiger charge is 2.35. The van der Waals surface area contributed by atoms with Crippen LogP contribution in [0.15, 0.2) is 18.2 Å². The molecule has 1 N–H and O–H groups in total. The lowest BCUT2D eigenvalue weighted by molar-refractivity contribution is 0.358. The van der Waals surface area contributed by atoms with Crippen molar-refractivity contribution in [1.82, 2.24) is 5.32 Å². The molecule has 0 radical (unpaired) electrons. The van der Waals surface area contributed by atoms with Gasteiger partial charge in [0.1, 0.15) is 0 Å². The number of benzene rings is 1. The van der Waals surface area contributed by atoms with Gasteiger partial charge >= 0.3 is 0 Å². The molecule has 1 aromatic rings. The van der Waals surface area contributed by atoms with E-state index in [-0.39, 0.29) is 11.2 Å². The van der Waals surface area contributed by atoms with Crippen molar-refractivity contribution in [2.75, 3.05) is 20.2 Å². The topological polar surface area (TPSA) is 21.3 Å². The molecule has 1 heterocycles. The van der Waals surface area contributed by atoms with E-state index in [1.54, 1.807) is 12.1 Å². The van der Waals surface area contributed by atoms with Crippen LogP contribution in [-0.2, 0) is 0 Å². The molecule has 0 aliphatic carbocycles. The minimum Gasteiger partial charge on any atom is -0.494 e. The van der Waals surface area contributed by atoms with E-state index in [0.717, 1.165) is 18.7 Å². The van der Waals surface area contributed by atoms with Crippen LogP contribution in [0.25, 0.3) is 0 Å². The Morgan fingerprint density at radius 2 is 2.19 bits per heavy atom. The maximum Gasteiger partial charge on any atom is 0.165 e. The Bertz CT molecular complexity index is 390. The van der Waals surface area contributed by atoms with E-state index in [4.69, 9.17) is 4.74 Å². The van der Waals surface area contributed by atoms with Gasteiger partial charge in [0, 0.05) is 19.0 Å². The lowest BCUT2D eigenvalue weighted by Gasteiger charge is -2.26. The molecule has 1 aliphatic rings. The summed E-state index contributed by atoms with van der Waals surface area (Å²) in [4.78, 5) is 0. The fourth-order valence-electron chi connectivity index (χ4n) is 2.41. The van der Waals surface area contributed by atoms with Crippen LogP contribution < -0.4 is 10.1 Å². The number of methoxy groups -OCH3 is 1. The molecular formula is C13H18FNO. The van der Waals surface area contributed by atoms with Crippen LogP contribution in [0.3, 0.4) is 0 Å². The summed E-state index contributed by atoms with van der Waals surface area (Å²) in [5, 5.41) is 3.36. The molecule has 1 aromatic carbocycles. The van der Waals surface area contributed by atoms with E-state index in [2.05, 4.69) is 19.2 Å². The highest BCUT2D eigenvalue weighted by molar-refractivity contribution is 5.33. The largest absolute Gasteiger partial charge is 0.494 e. The van der Waals surface area contributed by atoms with Gasteiger partial charge in [-0.15, -0.1) is 0 Å². The van der Waals surface area contributed by atoms with E-state index >= 15 is 0 Å². The summed E-state index contributed by atoms with van der Waals surface area (Å²) in [7, 11) is 1.49. The summed E-state index contributed by atoms with van der Waals surface area (Å²) in [5.74, 6) is 0.406. The molecule has 88 valence electrons. The maximum atomic E-state index is 13.6. The molecule has 2 rings (SSSR count). The predicted molar refractivity (Wildman–Crippen MR) is 62.3 cm³/mol. The van der Waals surface area contributed by atoms with E-state index in [0.29, 0.717) is 11.7 Å². The Morgan fingerprint density at radius 3 is 2.69 bits per heavy atom. The monoisotopic (exact) mass is 223 g/mol. The van der Waals surface area contributed by atoms with Crippen molar-refractivity contribution in [3.63, 3.8) is 0 Å². The first kappa shape index (κ1) is 11.4. The first-order valence-electron chi connectivity index (χ1n) is 5.59. The van der Waals surface area contributed by atoms with Crippen LogP contribution in [0.4, 0.5) is 4.39 Å². The van der Waals surface area contributed by atoms with Crippen molar-refractivity contribution in [2.45, 2.75) is 19.8 Å². The summed E-state index contributed by atoms with van der Waals surface area (Å²) in [6.07, 6.45) is 0. The fourth-order valence-corrected chi connectivity index (χ4v) is 2.41. The Hall–Kier alpha value is -1.09. The predicted octanol–water partition coefficient (Wildman–Crippen LogP) is 2.55. The summed E-state index contributed by atoms with van der Waals surface area (Å²) in [5.41, 5.74) is 1.23. The number of nitrogens with one attached hydrogen (secondary N) is 1. The molecule has 1 unspecified atom stereocenters. The minimum atomic E-state index is -0.275. The van der Waals surface area contributed by atoms with Gasteiger partial charge in [0.05, 0.1) is 7.11 Å². The van der Waals surface area contributed by atoms with Gasteiger partial charge in [0.25, 0.3) is 0 Å². The highest BCUT2D eigenvalue weighted by Crippen LogP contribution is 2.39. The van der Waals surface area contributed by atoms with E-state index in [1.807, 2.05) is 6.07 Å². The molecule has 16 heavy (non-hydrogen) atoms. The molecule has 0 aromatic heterocycles. The molecule has 0 amide bonds. The van der Waals surface area contributed by atoms with Crippen LogP contribution in [-0.4, -0.2) is 20.2 Å². The average molecular weight is 223 g/mol. The molecule has 0 bridgehead atoms. The Kier molecular flexibility index (Phi) is 2.89. The van der Waals surface area contributed by atoms with Crippen molar-refractivity contribution in [1.29, 1.82) is 0 Å². The first-order valence-corrected chi connectivity index (χ1v) is 5.59. The highest BCUT2D eigenvalue weighted by atomic mass is 19.1. The van der Waals surface area contributed by atoms with Gasteiger partial charge in [0.15, 0.2) is 11.6 Å². The zero-order chi connectivity index (χ0) is 11.8. The van der Waals surface area contributed by atoms with Crippen molar-refractivity contribution < 1.29 is 9.13 Å². The third-order valence-electron chi connectivity index (χ3n) is 3.45. The second-order valence-corrected chi connectivity index (χ2v) is 5.07. The number of ether oxygens (including phenoxy) is 1. The summed E-state index contributed by atoms with van der Waals surface area (Å²) in [6, 6.07) is 5.26. The van der Waals surface area contributed by atoms with Crippen LogP contribution in [0.2, 0.25) is 0 Å². The van der Waals surface area contributed by atoms with E-state index < -0.39 is 0 Å². The fraction of sp³-hybridized carbons (Fsp3) is 0.538. The number of rotatable bonds is 2. The first-order chi connectivity index (χ1) is 7.54. The van der Waals surface area contributed by atoms with Gasteiger partial charge in [0.2, 0.25) is 0 Å². The Balaban J connectivity index is 2.31. The summed E-state index contributed by atoms with van der Waals surface area (Å²) >= 11 is 0. The van der Waals surface area contributed by atoms with Gasteiger partial charge < -0.3 is 10.1 Å². The smallest absolute Gasteiger partial charge is 0.165 e. The van der Waals surface area contributed by atoms with Gasteiger partial charge in [-0.25, -0.2) is 4.39 Å². The van der Waals surface area contributed by atoms with Crippen molar-refractivity contribution >= 4 is 0 Å². The third kappa shape index (κ3) is 1.92. The lowest BCUT2D eigenvalue weighted by atomic mass is 9.78. The molecule has 1 saturated heterocycles. The van der Waals surface area contributed by atoms with Crippen molar-refractivity contribution in [3.8, 4) is 5.75 Å². The molecule has 1 atom stereocenters. The van der Waals surface area contributed by atoms with Gasteiger partial charge in [-0.2, -0.15) is 0 Å². The normalized spacial score (nSPS) is 23.4. The third-order valence-corrected chi connectivity index (χ3v) is 3.45. The second kappa shape index (κ2) is 4.06. The van der Waals surface area contributed by atoms with E-state index in [9.17, 15) is 4.39 Å². The molecule has 0 saturated carbocycles. The SMILES string of the molecule is COc1ccc(C2CNCC2(C)C)cc1F. The molecule has 1 aliphatic heterocycles. The van der Waals surface area contributed by atoms with Gasteiger partial charge in [-0.1, -0.05) is 19.9 Å².